The largest absolute Gasteiger partial charge is 0.496 e. The number of aliphatic hydroxyl groups is 1. The number of rotatable bonds is 7. The average Bonchev–Trinajstić information content (AvgIpc) is 3.51. The van der Waals surface area contributed by atoms with Gasteiger partial charge in [-0.05, 0) is 55.7 Å². The molecular weight excluding hydrogens is 474 g/mol. The first-order chi connectivity index (χ1) is 17.8. The van der Waals surface area contributed by atoms with Crippen LogP contribution in [0.15, 0.2) is 24.3 Å². The number of nitrogens with zero attached hydrogens (tertiary/aromatic N) is 1. The van der Waals surface area contributed by atoms with Crippen LogP contribution in [0, 0.1) is 40.9 Å². The summed E-state index contributed by atoms with van der Waals surface area (Å²) in [7, 11) is 1.57. The van der Waals surface area contributed by atoms with Gasteiger partial charge >= 0.3 is 0 Å². The lowest BCUT2D eigenvalue weighted by molar-refractivity contribution is -0.136. The highest BCUT2D eigenvalue weighted by atomic mass is 16.5. The molecule has 194 valence electrons. The normalized spacial score (nSPS) is 32.8. The van der Waals surface area contributed by atoms with Crippen molar-refractivity contribution in [3.05, 3.63) is 30.0 Å². The monoisotopic (exact) mass is 505 g/mol. The number of methoxy groups -OCH3 is 1. The molecular formula is C27H31N5O5. The Morgan fingerprint density at radius 3 is 2.84 bits per heavy atom. The van der Waals surface area contributed by atoms with E-state index in [-0.39, 0.29) is 23.7 Å². The fourth-order valence-electron chi connectivity index (χ4n) is 7.02. The summed E-state index contributed by atoms with van der Waals surface area (Å²) in [6, 6.07) is 8.73. The third-order valence-corrected chi connectivity index (χ3v) is 8.94. The molecule has 10 heteroatoms. The molecule has 10 nitrogen and oxygen atoms in total. The number of hydrogen-bond acceptors (Lipinski definition) is 6. The van der Waals surface area contributed by atoms with E-state index in [9.17, 15) is 24.8 Å². The second-order valence-corrected chi connectivity index (χ2v) is 11.1. The molecule has 0 spiro atoms. The lowest BCUT2D eigenvalue weighted by atomic mass is 9.52. The van der Waals surface area contributed by atoms with Crippen LogP contribution >= 0.6 is 0 Å². The van der Waals surface area contributed by atoms with E-state index < -0.39 is 35.5 Å². The van der Waals surface area contributed by atoms with Crippen molar-refractivity contribution in [2.45, 2.75) is 56.3 Å². The van der Waals surface area contributed by atoms with E-state index in [0.29, 0.717) is 36.6 Å². The third kappa shape index (κ3) is 3.93. The summed E-state index contributed by atoms with van der Waals surface area (Å²) in [5, 5.41) is 29.9. The van der Waals surface area contributed by atoms with Gasteiger partial charge in [0.05, 0.1) is 19.1 Å². The van der Waals surface area contributed by atoms with E-state index in [1.165, 1.54) is 0 Å². The van der Waals surface area contributed by atoms with E-state index in [0.717, 1.165) is 30.2 Å². The second-order valence-electron chi connectivity index (χ2n) is 11.1. The summed E-state index contributed by atoms with van der Waals surface area (Å²) in [6.07, 6.45) is 3.41. The molecule has 7 rings (SSSR count). The first kappa shape index (κ1) is 23.8. The van der Waals surface area contributed by atoms with Crippen LogP contribution in [0.25, 0.3) is 10.9 Å². The summed E-state index contributed by atoms with van der Waals surface area (Å²) in [5.74, 6) is -1.23. The van der Waals surface area contributed by atoms with Gasteiger partial charge in [0.1, 0.15) is 29.3 Å². The minimum Gasteiger partial charge on any atom is -0.496 e. The first-order valence-electron chi connectivity index (χ1n) is 13.0. The van der Waals surface area contributed by atoms with E-state index >= 15 is 0 Å². The first-order valence-corrected chi connectivity index (χ1v) is 13.0. The van der Waals surface area contributed by atoms with Crippen molar-refractivity contribution in [3.8, 4) is 11.8 Å². The number of fused-ring (bicyclic) bond motifs is 3. The van der Waals surface area contributed by atoms with Crippen molar-refractivity contribution in [1.29, 1.82) is 5.26 Å². The Kier molecular flexibility index (Phi) is 5.64. The Bertz CT molecular complexity index is 1310. The molecule has 2 bridgehead atoms. The van der Waals surface area contributed by atoms with Crippen LogP contribution in [0.1, 0.15) is 49.0 Å². The molecule has 5 N–H and O–H groups in total. The minimum atomic E-state index is -1.20. The predicted molar refractivity (Wildman–Crippen MR) is 132 cm³/mol. The van der Waals surface area contributed by atoms with Gasteiger partial charge in [0, 0.05) is 22.7 Å². The van der Waals surface area contributed by atoms with E-state index in [1.54, 1.807) is 13.2 Å². The molecule has 4 aliphatic carbocycles. The van der Waals surface area contributed by atoms with Gasteiger partial charge in [-0.3, -0.25) is 14.4 Å². The summed E-state index contributed by atoms with van der Waals surface area (Å²) in [4.78, 5) is 42.6. The van der Waals surface area contributed by atoms with Crippen LogP contribution in [-0.2, 0) is 9.59 Å². The van der Waals surface area contributed by atoms with E-state index in [1.807, 2.05) is 18.2 Å². The summed E-state index contributed by atoms with van der Waals surface area (Å²) >= 11 is 0. The van der Waals surface area contributed by atoms with Gasteiger partial charge < -0.3 is 30.8 Å². The summed E-state index contributed by atoms with van der Waals surface area (Å²) < 4.78 is 5.39. The number of nitriles is 1. The molecule has 2 heterocycles. The molecule has 3 amide bonds. The molecule has 0 radical (unpaired) electrons. The Balaban J connectivity index is 1.23. The SMILES string of the molecule is COc1cccc2[nH]c(C(=O)N[C@@H](CC3CC3)C(=O)N[C@@]3(C#N)C[C@@H]4CC[C@H]3[C@@H]3C(=O)NC(O)[C@H]43)cc12. The van der Waals surface area contributed by atoms with Crippen LogP contribution in [-0.4, -0.2) is 52.7 Å². The lowest BCUT2D eigenvalue weighted by Crippen LogP contribution is -2.66. The van der Waals surface area contributed by atoms with Gasteiger partial charge in [0.25, 0.3) is 5.91 Å². The zero-order valence-electron chi connectivity index (χ0n) is 20.6. The topological polar surface area (TPSA) is 156 Å². The Labute approximate surface area is 214 Å². The number of carbonyl (C=O) groups is 3. The molecule has 1 aromatic heterocycles. The quantitative estimate of drug-likeness (QED) is 0.384. The molecule has 1 aliphatic heterocycles. The fourth-order valence-corrected chi connectivity index (χ4v) is 7.02. The highest BCUT2D eigenvalue weighted by molar-refractivity contribution is 6.01. The highest BCUT2D eigenvalue weighted by Gasteiger charge is 2.64. The molecule has 5 fully saturated rings. The van der Waals surface area contributed by atoms with Crippen molar-refractivity contribution in [2.75, 3.05) is 7.11 Å². The zero-order valence-corrected chi connectivity index (χ0v) is 20.6. The van der Waals surface area contributed by atoms with Gasteiger partial charge in [-0.25, -0.2) is 0 Å². The number of hydrogen-bond donors (Lipinski definition) is 5. The average molecular weight is 506 g/mol. The van der Waals surface area contributed by atoms with Crippen molar-refractivity contribution >= 4 is 28.6 Å². The van der Waals surface area contributed by atoms with Crippen molar-refractivity contribution in [2.24, 2.45) is 29.6 Å². The third-order valence-electron chi connectivity index (χ3n) is 8.94. The Morgan fingerprint density at radius 2 is 2.11 bits per heavy atom. The maximum atomic E-state index is 13.6. The number of amides is 3. The number of aromatic nitrogens is 1. The zero-order chi connectivity index (χ0) is 25.9. The van der Waals surface area contributed by atoms with Crippen molar-refractivity contribution in [1.82, 2.24) is 20.9 Å². The Morgan fingerprint density at radius 1 is 1.30 bits per heavy atom. The molecule has 4 saturated carbocycles. The van der Waals surface area contributed by atoms with Crippen LogP contribution in [0.3, 0.4) is 0 Å². The van der Waals surface area contributed by atoms with E-state index in [4.69, 9.17) is 4.74 Å². The number of ether oxygens (including phenoxy) is 1. The number of aliphatic hydroxyl groups excluding tert-OH is 1. The molecule has 2 aromatic rings. The number of aromatic amines is 1. The highest BCUT2D eigenvalue weighted by Crippen LogP contribution is 2.56. The number of benzene rings is 1. The number of nitrogens with one attached hydrogen (secondary N) is 4. The Hall–Kier alpha value is -3.58. The van der Waals surface area contributed by atoms with Crippen molar-refractivity contribution in [3.63, 3.8) is 0 Å². The maximum absolute atomic E-state index is 13.6. The van der Waals surface area contributed by atoms with Gasteiger partial charge in [-0.15, -0.1) is 0 Å². The molecule has 1 saturated heterocycles. The van der Waals surface area contributed by atoms with Crippen molar-refractivity contribution < 1.29 is 24.2 Å². The van der Waals surface area contributed by atoms with Crippen LogP contribution in [0.5, 0.6) is 5.75 Å². The number of carbonyl (C=O) groups excluding carboxylic acids is 3. The van der Waals surface area contributed by atoms with Gasteiger partial charge in [0.15, 0.2) is 0 Å². The standard InChI is InChI=1S/C27H31N5O5/c1-37-20-4-2-3-17-15(20)10-19(29-17)23(33)30-18(9-13-5-6-13)24(34)32-27(12-28)11-14-7-8-16(27)22-21(14)25(35)31-26(22)36/h2-4,10,13-14,16,18,21-22,25,29,35H,5-9,11H2,1H3,(H,30,33)(H,31,36)(H,32,34)/t14-,16-,18-,21+,22-,25?,27+/m0/s1. The maximum Gasteiger partial charge on any atom is 0.268 e. The molecule has 1 unspecified atom stereocenters. The van der Waals surface area contributed by atoms with Gasteiger partial charge in [-0.2, -0.15) is 5.26 Å². The molecule has 5 aliphatic rings. The van der Waals surface area contributed by atoms with Crippen LogP contribution in [0.2, 0.25) is 0 Å². The van der Waals surface area contributed by atoms with Gasteiger partial charge in [0.2, 0.25) is 11.8 Å². The molecule has 7 atom stereocenters. The van der Waals surface area contributed by atoms with Crippen LogP contribution < -0.4 is 20.7 Å². The van der Waals surface area contributed by atoms with Gasteiger partial charge in [-0.1, -0.05) is 18.9 Å². The van der Waals surface area contributed by atoms with Crippen LogP contribution in [0.4, 0.5) is 0 Å². The fraction of sp³-hybridized carbons (Fsp3) is 0.556. The second kappa shape index (κ2) is 8.77. The molecule has 37 heavy (non-hydrogen) atoms. The smallest absolute Gasteiger partial charge is 0.268 e. The molecule has 1 aromatic carbocycles. The minimum absolute atomic E-state index is 0.0401. The predicted octanol–water partition coefficient (Wildman–Crippen LogP) is 1.56. The number of H-pyrrole nitrogens is 1. The lowest BCUT2D eigenvalue weighted by Gasteiger charge is -2.53. The van der Waals surface area contributed by atoms with E-state index in [2.05, 4.69) is 27.0 Å². The summed E-state index contributed by atoms with van der Waals surface area (Å²) in [6.45, 7) is 0. The summed E-state index contributed by atoms with van der Waals surface area (Å²) in [5.41, 5.74) is -0.135.